The Labute approximate surface area is 94.2 Å². The van der Waals surface area contributed by atoms with Crippen LogP contribution < -0.4 is 5.73 Å². The minimum Gasteiger partial charge on any atom is -0.318 e. The Kier molecular flexibility index (Phi) is 4.28. The largest absolute Gasteiger partial charge is 0.318 e. The lowest BCUT2D eigenvalue weighted by Crippen LogP contribution is -2.15. The Hall–Kier alpha value is -0.680. The Balaban J connectivity index is 2.94. The van der Waals surface area contributed by atoms with Gasteiger partial charge in [-0.2, -0.15) is 0 Å². The van der Waals surface area contributed by atoms with E-state index >= 15 is 0 Å². The minimum absolute atomic E-state index is 0.106. The van der Waals surface area contributed by atoms with E-state index in [1.54, 1.807) is 18.2 Å². The van der Waals surface area contributed by atoms with Crippen molar-refractivity contribution < 1.29 is 0 Å². The van der Waals surface area contributed by atoms with Crippen LogP contribution in [0, 0.1) is 11.8 Å². The van der Waals surface area contributed by atoms with E-state index in [1.807, 2.05) is 6.92 Å². The third-order valence-corrected chi connectivity index (χ3v) is 2.33. The van der Waals surface area contributed by atoms with E-state index in [1.165, 1.54) is 0 Å². The van der Waals surface area contributed by atoms with Crippen molar-refractivity contribution in [3.8, 4) is 11.8 Å². The zero-order valence-corrected chi connectivity index (χ0v) is 9.36. The molecule has 0 aromatic heterocycles. The highest BCUT2D eigenvalue weighted by Gasteiger charge is 1.98. The first-order chi connectivity index (χ1) is 6.63. The van der Waals surface area contributed by atoms with E-state index in [2.05, 4.69) is 11.8 Å². The summed E-state index contributed by atoms with van der Waals surface area (Å²) in [7, 11) is 0. The predicted octanol–water partition coefficient (Wildman–Crippen LogP) is 3.08. The summed E-state index contributed by atoms with van der Waals surface area (Å²) in [5, 5.41) is 1.23. The second kappa shape index (κ2) is 5.26. The summed E-state index contributed by atoms with van der Waals surface area (Å²) < 4.78 is 0. The summed E-state index contributed by atoms with van der Waals surface area (Å²) in [6.45, 7) is 1.99. The number of benzene rings is 1. The molecule has 2 N–H and O–H groups in total. The maximum atomic E-state index is 5.92. The van der Waals surface area contributed by atoms with E-state index in [0.717, 1.165) is 12.0 Å². The van der Waals surface area contributed by atoms with Crippen LogP contribution in [-0.2, 0) is 0 Å². The maximum absolute atomic E-state index is 5.92. The van der Waals surface area contributed by atoms with Crippen LogP contribution in [0.1, 0.15) is 18.9 Å². The molecule has 1 rings (SSSR count). The highest BCUT2D eigenvalue weighted by atomic mass is 35.5. The van der Waals surface area contributed by atoms with Gasteiger partial charge >= 0.3 is 0 Å². The number of rotatable bonds is 1. The molecule has 1 unspecified atom stereocenters. The molecule has 0 bridgehead atoms. The van der Waals surface area contributed by atoms with Gasteiger partial charge in [0.1, 0.15) is 0 Å². The van der Waals surface area contributed by atoms with Crippen LogP contribution in [0.5, 0.6) is 0 Å². The monoisotopic (exact) mass is 227 g/mol. The highest BCUT2D eigenvalue weighted by molar-refractivity contribution is 6.33. The van der Waals surface area contributed by atoms with Crippen LogP contribution >= 0.6 is 23.2 Å². The summed E-state index contributed by atoms with van der Waals surface area (Å²) in [4.78, 5) is 0. The first-order valence-electron chi connectivity index (χ1n) is 4.35. The van der Waals surface area contributed by atoms with Gasteiger partial charge in [0.25, 0.3) is 0 Å². The Morgan fingerprint density at radius 2 is 2.14 bits per heavy atom. The second-order valence-corrected chi connectivity index (χ2v) is 3.75. The molecular formula is C11H11Cl2N. The van der Waals surface area contributed by atoms with E-state index < -0.39 is 0 Å². The molecule has 74 valence electrons. The summed E-state index contributed by atoms with van der Waals surface area (Å²) in [5.74, 6) is 5.81. The van der Waals surface area contributed by atoms with Crippen LogP contribution in [-0.4, -0.2) is 6.04 Å². The Morgan fingerprint density at radius 1 is 1.43 bits per heavy atom. The Morgan fingerprint density at radius 3 is 2.79 bits per heavy atom. The average molecular weight is 228 g/mol. The molecule has 0 aliphatic carbocycles. The van der Waals surface area contributed by atoms with E-state index in [-0.39, 0.29) is 6.04 Å². The van der Waals surface area contributed by atoms with Crippen molar-refractivity contribution in [1.29, 1.82) is 0 Å². The molecule has 14 heavy (non-hydrogen) atoms. The summed E-state index contributed by atoms with van der Waals surface area (Å²) >= 11 is 11.7. The molecule has 0 aliphatic heterocycles. The molecule has 0 saturated carbocycles. The van der Waals surface area contributed by atoms with Gasteiger partial charge in [-0.15, -0.1) is 0 Å². The molecule has 0 amide bonds. The molecule has 0 aliphatic rings. The first-order valence-corrected chi connectivity index (χ1v) is 5.11. The fourth-order valence-corrected chi connectivity index (χ4v) is 1.20. The standard InChI is InChI=1S/C11H11Cl2N/c1-2-10(14)5-3-8-7-9(12)4-6-11(8)13/h4,6-7,10H,2,14H2,1H3. The fourth-order valence-electron chi connectivity index (χ4n) is 0.866. The number of halogens is 2. The minimum atomic E-state index is -0.106. The van der Waals surface area contributed by atoms with E-state index in [0.29, 0.717) is 10.0 Å². The van der Waals surface area contributed by atoms with Crippen molar-refractivity contribution in [1.82, 2.24) is 0 Å². The van der Waals surface area contributed by atoms with Crippen LogP contribution in [0.2, 0.25) is 10.0 Å². The maximum Gasteiger partial charge on any atom is 0.0665 e. The highest BCUT2D eigenvalue weighted by Crippen LogP contribution is 2.19. The number of hydrogen-bond donors (Lipinski definition) is 1. The lowest BCUT2D eigenvalue weighted by atomic mass is 10.2. The molecule has 3 heteroatoms. The van der Waals surface area contributed by atoms with Crippen LogP contribution in [0.3, 0.4) is 0 Å². The van der Waals surface area contributed by atoms with Crippen molar-refractivity contribution in [2.75, 3.05) is 0 Å². The normalized spacial score (nSPS) is 11.7. The SMILES string of the molecule is CCC(N)C#Cc1cc(Cl)ccc1Cl. The van der Waals surface area contributed by atoms with Gasteiger partial charge in [0, 0.05) is 10.6 Å². The quantitative estimate of drug-likeness (QED) is 0.734. The first kappa shape index (κ1) is 11.4. The zero-order chi connectivity index (χ0) is 10.6. The van der Waals surface area contributed by atoms with Gasteiger partial charge in [-0.05, 0) is 24.6 Å². The van der Waals surface area contributed by atoms with Crippen molar-refractivity contribution in [3.63, 3.8) is 0 Å². The number of hydrogen-bond acceptors (Lipinski definition) is 1. The molecule has 1 atom stereocenters. The molecule has 0 radical (unpaired) electrons. The third kappa shape index (κ3) is 3.23. The molecule has 0 heterocycles. The third-order valence-electron chi connectivity index (χ3n) is 1.76. The lowest BCUT2D eigenvalue weighted by molar-refractivity contribution is 0.806. The predicted molar refractivity (Wildman–Crippen MR) is 61.6 cm³/mol. The second-order valence-electron chi connectivity index (χ2n) is 2.91. The molecule has 0 fully saturated rings. The van der Waals surface area contributed by atoms with Crippen molar-refractivity contribution in [2.45, 2.75) is 19.4 Å². The van der Waals surface area contributed by atoms with E-state index in [9.17, 15) is 0 Å². The summed E-state index contributed by atoms with van der Waals surface area (Å²) in [6, 6.07) is 5.09. The van der Waals surface area contributed by atoms with Gasteiger partial charge in [0.2, 0.25) is 0 Å². The van der Waals surface area contributed by atoms with E-state index in [4.69, 9.17) is 28.9 Å². The van der Waals surface area contributed by atoms with Crippen LogP contribution in [0.15, 0.2) is 18.2 Å². The number of nitrogens with two attached hydrogens (primary N) is 1. The summed E-state index contributed by atoms with van der Waals surface area (Å²) in [5.41, 5.74) is 6.38. The van der Waals surface area contributed by atoms with Gasteiger partial charge in [-0.3, -0.25) is 0 Å². The molecule has 1 aromatic carbocycles. The van der Waals surface area contributed by atoms with Crippen LogP contribution in [0.4, 0.5) is 0 Å². The van der Waals surface area contributed by atoms with Gasteiger partial charge in [0.05, 0.1) is 11.1 Å². The topological polar surface area (TPSA) is 26.0 Å². The van der Waals surface area contributed by atoms with Gasteiger partial charge in [0.15, 0.2) is 0 Å². The molecule has 0 spiro atoms. The lowest BCUT2D eigenvalue weighted by Gasteiger charge is -1.98. The van der Waals surface area contributed by atoms with Crippen molar-refractivity contribution in [3.05, 3.63) is 33.8 Å². The molecular weight excluding hydrogens is 217 g/mol. The zero-order valence-electron chi connectivity index (χ0n) is 7.85. The van der Waals surface area contributed by atoms with Gasteiger partial charge < -0.3 is 5.73 Å². The van der Waals surface area contributed by atoms with Gasteiger partial charge in [-0.25, -0.2) is 0 Å². The summed E-state index contributed by atoms with van der Waals surface area (Å²) in [6.07, 6.45) is 0.825. The van der Waals surface area contributed by atoms with Crippen molar-refractivity contribution in [2.24, 2.45) is 5.73 Å². The molecule has 1 aromatic rings. The Bertz CT molecular complexity index is 377. The molecule has 1 nitrogen and oxygen atoms in total. The smallest absolute Gasteiger partial charge is 0.0665 e. The van der Waals surface area contributed by atoms with Gasteiger partial charge in [-0.1, -0.05) is 42.0 Å². The molecule has 0 saturated heterocycles. The average Bonchev–Trinajstić information content (AvgIpc) is 2.19. The fraction of sp³-hybridized carbons (Fsp3) is 0.273. The van der Waals surface area contributed by atoms with Crippen molar-refractivity contribution >= 4 is 23.2 Å². The van der Waals surface area contributed by atoms with Crippen LogP contribution in [0.25, 0.3) is 0 Å².